The van der Waals surface area contributed by atoms with Crippen molar-refractivity contribution < 1.29 is 19.0 Å². The van der Waals surface area contributed by atoms with Gasteiger partial charge >= 0.3 is 5.97 Å². The Balaban J connectivity index is 2.14. The number of benzene rings is 1. The van der Waals surface area contributed by atoms with E-state index in [2.05, 4.69) is 5.32 Å². The second kappa shape index (κ2) is 7.61. The van der Waals surface area contributed by atoms with Crippen LogP contribution >= 0.6 is 23.2 Å². The van der Waals surface area contributed by atoms with Crippen molar-refractivity contribution >= 4 is 29.2 Å². The Kier molecular flexibility index (Phi) is 5.63. The highest BCUT2D eigenvalue weighted by Gasteiger charge is 2.43. The van der Waals surface area contributed by atoms with Gasteiger partial charge in [-0.25, -0.2) is 4.79 Å². The molecule has 140 valence electrons. The molecule has 3 rings (SSSR count). The number of carbonyl (C=O) groups excluding carboxylic acids is 1. The van der Waals surface area contributed by atoms with Gasteiger partial charge in [0, 0.05) is 32.9 Å². The third kappa shape index (κ3) is 3.49. The first-order valence-corrected chi connectivity index (χ1v) is 9.20. The maximum Gasteiger partial charge on any atom is 0.336 e. The van der Waals surface area contributed by atoms with E-state index in [-0.39, 0.29) is 12.9 Å². The summed E-state index contributed by atoms with van der Waals surface area (Å²) < 4.78 is 16.7. The quantitative estimate of drug-likeness (QED) is 0.757. The molecule has 0 bridgehead atoms. The summed E-state index contributed by atoms with van der Waals surface area (Å²) in [6, 6.07) is 5.24. The summed E-state index contributed by atoms with van der Waals surface area (Å²) in [6.45, 7) is 7.64. The molecule has 1 saturated heterocycles. The third-order valence-electron chi connectivity index (χ3n) is 4.46. The van der Waals surface area contributed by atoms with E-state index in [1.54, 1.807) is 19.1 Å². The van der Waals surface area contributed by atoms with Gasteiger partial charge in [0.25, 0.3) is 0 Å². The third-order valence-corrected chi connectivity index (χ3v) is 5.03. The first kappa shape index (κ1) is 19.2. The van der Waals surface area contributed by atoms with Crippen molar-refractivity contribution in [3.05, 3.63) is 56.3 Å². The monoisotopic (exact) mass is 397 g/mol. The first-order chi connectivity index (χ1) is 12.3. The van der Waals surface area contributed by atoms with Crippen LogP contribution in [0, 0.1) is 0 Å². The minimum atomic E-state index is -0.549. The zero-order chi connectivity index (χ0) is 19.0. The number of rotatable bonds is 4. The van der Waals surface area contributed by atoms with Crippen LogP contribution in [0.25, 0.3) is 0 Å². The number of hydrogen-bond donors (Lipinski definition) is 1. The van der Waals surface area contributed by atoms with Gasteiger partial charge in [-0.3, -0.25) is 0 Å². The van der Waals surface area contributed by atoms with Crippen molar-refractivity contribution in [2.75, 3.05) is 6.61 Å². The van der Waals surface area contributed by atoms with E-state index >= 15 is 0 Å². The number of ether oxygens (including phenoxy) is 3. The molecule has 0 radical (unpaired) electrons. The molecule has 1 unspecified atom stereocenters. The van der Waals surface area contributed by atoms with Crippen LogP contribution in [0.5, 0.6) is 0 Å². The topological polar surface area (TPSA) is 56.8 Å². The van der Waals surface area contributed by atoms with E-state index in [9.17, 15) is 4.79 Å². The number of esters is 1. The van der Waals surface area contributed by atoms with Crippen molar-refractivity contribution in [3.63, 3.8) is 0 Å². The molecule has 0 spiro atoms. The first-order valence-electron chi connectivity index (χ1n) is 8.44. The number of hydrogen-bond acceptors (Lipinski definition) is 5. The maximum absolute atomic E-state index is 12.7. The standard InChI is InChI=1S/C19H21Cl2NO4/c1-5-24-18(23)15-9(2)22-10(3)16(19-25-11(4)26-19)17(15)13-7-6-12(20)8-14(13)21/h6-8,11,17,19,22H,5H2,1-4H3. The minimum absolute atomic E-state index is 0.280. The fourth-order valence-electron chi connectivity index (χ4n) is 3.37. The Morgan fingerprint density at radius 2 is 1.92 bits per heavy atom. The predicted octanol–water partition coefficient (Wildman–Crippen LogP) is 4.51. The van der Waals surface area contributed by atoms with E-state index in [0.717, 1.165) is 16.8 Å². The van der Waals surface area contributed by atoms with Crippen LogP contribution in [-0.2, 0) is 19.0 Å². The van der Waals surface area contributed by atoms with Crippen LogP contribution in [0.15, 0.2) is 40.7 Å². The van der Waals surface area contributed by atoms with Crippen LogP contribution < -0.4 is 5.32 Å². The average Bonchev–Trinajstić information content (AvgIpc) is 2.52. The summed E-state index contributed by atoms with van der Waals surface area (Å²) in [4.78, 5) is 12.7. The highest BCUT2D eigenvalue weighted by atomic mass is 35.5. The molecule has 0 saturated carbocycles. The Morgan fingerprint density at radius 3 is 2.50 bits per heavy atom. The highest BCUT2D eigenvalue weighted by Crippen LogP contribution is 2.45. The smallest absolute Gasteiger partial charge is 0.336 e. The second-order valence-electron chi connectivity index (χ2n) is 6.24. The molecular weight excluding hydrogens is 377 g/mol. The fraction of sp³-hybridized carbons (Fsp3) is 0.421. The Bertz CT molecular complexity index is 797. The van der Waals surface area contributed by atoms with E-state index in [1.807, 2.05) is 26.8 Å². The minimum Gasteiger partial charge on any atom is -0.463 e. The summed E-state index contributed by atoms with van der Waals surface area (Å²) in [6.07, 6.45) is -0.841. The lowest BCUT2D eigenvalue weighted by Crippen LogP contribution is -2.45. The molecule has 2 aliphatic rings. The van der Waals surface area contributed by atoms with E-state index in [1.165, 1.54) is 0 Å². The van der Waals surface area contributed by atoms with Crippen molar-refractivity contribution in [3.8, 4) is 0 Å². The summed E-state index contributed by atoms with van der Waals surface area (Å²) in [7, 11) is 0. The van der Waals surface area contributed by atoms with Gasteiger partial charge in [0.1, 0.15) is 0 Å². The summed E-state index contributed by atoms with van der Waals surface area (Å²) in [5, 5.41) is 4.24. The molecular formula is C19H21Cl2NO4. The highest BCUT2D eigenvalue weighted by molar-refractivity contribution is 6.35. The van der Waals surface area contributed by atoms with Crippen LogP contribution in [-0.4, -0.2) is 25.2 Å². The van der Waals surface area contributed by atoms with Crippen LogP contribution in [0.1, 0.15) is 39.2 Å². The maximum atomic E-state index is 12.7. The lowest BCUT2D eigenvalue weighted by molar-refractivity contribution is -0.360. The lowest BCUT2D eigenvalue weighted by Gasteiger charge is -2.41. The molecule has 2 heterocycles. The predicted molar refractivity (Wildman–Crippen MR) is 99.8 cm³/mol. The number of halogens is 2. The average molecular weight is 398 g/mol. The van der Waals surface area contributed by atoms with Gasteiger partial charge < -0.3 is 19.5 Å². The molecule has 0 aromatic heterocycles. The molecule has 26 heavy (non-hydrogen) atoms. The van der Waals surface area contributed by atoms with Crippen LogP contribution in [0.3, 0.4) is 0 Å². The van der Waals surface area contributed by atoms with Crippen molar-refractivity contribution in [2.24, 2.45) is 0 Å². The van der Waals surface area contributed by atoms with E-state index in [0.29, 0.717) is 21.3 Å². The second-order valence-corrected chi connectivity index (χ2v) is 7.08. The van der Waals surface area contributed by atoms with Gasteiger partial charge in [-0.05, 0) is 45.4 Å². The number of dihydropyridines is 1. The Morgan fingerprint density at radius 1 is 1.23 bits per heavy atom. The summed E-state index contributed by atoms with van der Waals surface area (Å²) in [5.41, 5.74) is 3.63. The number of allylic oxidation sites excluding steroid dienone is 2. The Hall–Kier alpha value is -1.53. The molecule has 1 aromatic carbocycles. The summed E-state index contributed by atoms with van der Waals surface area (Å²) in [5.74, 6) is -0.844. The van der Waals surface area contributed by atoms with E-state index in [4.69, 9.17) is 37.4 Å². The van der Waals surface area contributed by atoms with Gasteiger partial charge in [0.15, 0.2) is 12.6 Å². The fourth-order valence-corrected chi connectivity index (χ4v) is 3.88. The molecule has 1 aromatic rings. The normalized spacial score (nSPS) is 25.7. The van der Waals surface area contributed by atoms with Gasteiger partial charge in [-0.2, -0.15) is 0 Å². The Labute approximate surface area is 162 Å². The largest absolute Gasteiger partial charge is 0.463 e. The molecule has 1 fully saturated rings. The SMILES string of the molecule is CCOC(=O)C1=C(C)NC(C)=C(C2OC(C)O2)C1c1ccc(Cl)cc1Cl. The van der Waals surface area contributed by atoms with E-state index < -0.39 is 18.2 Å². The van der Waals surface area contributed by atoms with Crippen molar-refractivity contribution in [1.82, 2.24) is 5.32 Å². The van der Waals surface area contributed by atoms with Crippen molar-refractivity contribution in [2.45, 2.75) is 46.2 Å². The van der Waals surface area contributed by atoms with Crippen molar-refractivity contribution in [1.29, 1.82) is 0 Å². The molecule has 2 aliphatic heterocycles. The number of carbonyl (C=O) groups is 1. The zero-order valence-electron chi connectivity index (χ0n) is 15.1. The van der Waals surface area contributed by atoms with Gasteiger partial charge in [0.2, 0.25) is 0 Å². The molecule has 7 heteroatoms. The van der Waals surface area contributed by atoms with Gasteiger partial charge in [0.05, 0.1) is 12.2 Å². The zero-order valence-corrected chi connectivity index (χ0v) is 16.6. The van der Waals surface area contributed by atoms with Crippen LogP contribution in [0.2, 0.25) is 10.0 Å². The van der Waals surface area contributed by atoms with Gasteiger partial charge in [-0.1, -0.05) is 29.3 Å². The molecule has 0 amide bonds. The summed E-state index contributed by atoms with van der Waals surface area (Å²) >= 11 is 12.5. The van der Waals surface area contributed by atoms with Crippen LogP contribution in [0.4, 0.5) is 0 Å². The number of nitrogens with one attached hydrogen (secondary N) is 1. The molecule has 0 aliphatic carbocycles. The molecule has 1 atom stereocenters. The van der Waals surface area contributed by atoms with Gasteiger partial charge in [-0.15, -0.1) is 0 Å². The molecule has 1 N–H and O–H groups in total. The lowest BCUT2D eigenvalue weighted by atomic mass is 9.79. The molecule has 5 nitrogen and oxygen atoms in total.